The van der Waals surface area contributed by atoms with Crippen molar-refractivity contribution < 1.29 is 4.79 Å². The minimum Gasteiger partial charge on any atom is -0.368 e. The van der Waals surface area contributed by atoms with Crippen molar-refractivity contribution in [2.45, 2.75) is 44.3 Å². The highest BCUT2D eigenvalue weighted by atomic mass is 32.2. The Hall–Kier alpha value is -1.24. The molecule has 1 saturated carbocycles. The molecule has 2 rings (SSSR count). The van der Waals surface area contributed by atoms with Gasteiger partial charge in [-0.1, -0.05) is 38.5 Å². The van der Waals surface area contributed by atoms with Gasteiger partial charge in [0.15, 0.2) is 0 Å². The molecule has 1 amide bonds. The lowest BCUT2D eigenvalue weighted by molar-refractivity contribution is -0.120. The van der Waals surface area contributed by atoms with Crippen molar-refractivity contribution in [2.75, 3.05) is 11.5 Å². The van der Waals surface area contributed by atoms with Gasteiger partial charge in [0.05, 0.1) is 5.75 Å². The molecule has 1 aliphatic carbocycles. The van der Waals surface area contributed by atoms with E-state index < -0.39 is 0 Å². The van der Waals surface area contributed by atoms with Crippen LogP contribution in [0.3, 0.4) is 0 Å². The van der Waals surface area contributed by atoms with Gasteiger partial charge in [0.1, 0.15) is 0 Å². The molecule has 0 radical (unpaired) electrons. The van der Waals surface area contributed by atoms with Gasteiger partial charge in [-0.15, -0.1) is 5.10 Å². The molecule has 0 saturated heterocycles. The number of aromatic amines is 1. The molecule has 106 valence electrons. The largest absolute Gasteiger partial charge is 0.368 e. The van der Waals surface area contributed by atoms with Gasteiger partial charge in [0, 0.05) is 6.04 Å². The standard InChI is InChI=1S/C12H21N5OS/c1-7-4-3-5-9(8(7)2)14-10(18)6-19-12-15-11(13)16-17-12/h7-9H,3-6H2,1-2H3,(H,14,18)(H3,13,15,16,17)/t7-,8+,9+/m1/s1. The fourth-order valence-electron chi connectivity index (χ4n) is 2.49. The number of nitrogens with one attached hydrogen (secondary N) is 2. The van der Waals surface area contributed by atoms with Crippen molar-refractivity contribution >= 4 is 23.6 Å². The Balaban J connectivity index is 1.77. The first-order valence-electron chi connectivity index (χ1n) is 6.66. The lowest BCUT2D eigenvalue weighted by Crippen LogP contribution is -2.44. The van der Waals surface area contributed by atoms with Crippen LogP contribution < -0.4 is 11.1 Å². The van der Waals surface area contributed by atoms with Crippen LogP contribution in [0, 0.1) is 11.8 Å². The number of hydrogen-bond acceptors (Lipinski definition) is 5. The van der Waals surface area contributed by atoms with Gasteiger partial charge in [-0.05, 0) is 18.3 Å². The van der Waals surface area contributed by atoms with Crippen molar-refractivity contribution in [3.8, 4) is 0 Å². The molecule has 1 aromatic heterocycles. The predicted octanol–water partition coefficient (Wildman–Crippen LogP) is 1.42. The van der Waals surface area contributed by atoms with E-state index in [1.54, 1.807) is 0 Å². The van der Waals surface area contributed by atoms with E-state index in [2.05, 4.69) is 34.3 Å². The minimum absolute atomic E-state index is 0.0410. The van der Waals surface area contributed by atoms with E-state index >= 15 is 0 Å². The molecular weight excluding hydrogens is 262 g/mol. The number of amides is 1. The molecule has 0 spiro atoms. The summed E-state index contributed by atoms with van der Waals surface area (Å²) < 4.78 is 0. The second-order valence-electron chi connectivity index (χ2n) is 5.23. The monoisotopic (exact) mass is 283 g/mol. The first-order chi connectivity index (χ1) is 9.06. The van der Waals surface area contributed by atoms with Gasteiger partial charge in [-0.3, -0.25) is 4.79 Å². The number of aromatic nitrogens is 3. The van der Waals surface area contributed by atoms with Crippen molar-refractivity contribution in [3.63, 3.8) is 0 Å². The highest BCUT2D eigenvalue weighted by Gasteiger charge is 2.28. The van der Waals surface area contributed by atoms with Crippen LogP contribution in [-0.4, -0.2) is 32.9 Å². The van der Waals surface area contributed by atoms with Crippen molar-refractivity contribution in [1.82, 2.24) is 20.5 Å². The van der Waals surface area contributed by atoms with Crippen molar-refractivity contribution in [3.05, 3.63) is 0 Å². The smallest absolute Gasteiger partial charge is 0.230 e. The zero-order chi connectivity index (χ0) is 13.8. The summed E-state index contributed by atoms with van der Waals surface area (Å²) in [4.78, 5) is 15.9. The molecule has 7 heteroatoms. The van der Waals surface area contributed by atoms with E-state index in [1.807, 2.05) is 0 Å². The van der Waals surface area contributed by atoms with E-state index in [0.29, 0.717) is 28.8 Å². The molecule has 0 aromatic carbocycles. The second-order valence-corrected chi connectivity index (χ2v) is 6.18. The number of nitrogen functional groups attached to an aromatic ring is 1. The zero-order valence-corrected chi connectivity index (χ0v) is 12.2. The number of nitrogens with zero attached hydrogens (tertiary/aromatic N) is 2. The van der Waals surface area contributed by atoms with Crippen LogP contribution >= 0.6 is 11.8 Å². The highest BCUT2D eigenvalue weighted by molar-refractivity contribution is 7.99. The van der Waals surface area contributed by atoms with Crippen LogP contribution in [0.25, 0.3) is 0 Å². The van der Waals surface area contributed by atoms with Crippen LogP contribution in [0.5, 0.6) is 0 Å². The van der Waals surface area contributed by atoms with E-state index in [4.69, 9.17) is 5.73 Å². The summed E-state index contributed by atoms with van der Waals surface area (Å²) in [6, 6.07) is 0.300. The van der Waals surface area contributed by atoms with Gasteiger partial charge in [-0.25, -0.2) is 5.10 Å². The SMILES string of the molecule is C[C@H]1[C@H](C)CCC[C@@H]1NC(=O)CSc1n[nH]c(N)n1. The quantitative estimate of drug-likeness (QED) is 0.726. The summed E-state index contributed by atoms with van der Waals surface area (Å²) in [6.45, 7) is 4.48. The van der Waals surface area contributed by atoms with Crippen LogP contribution in [0.1, 0.15) is 33.1 Å². The third-order valence-corrected chi connectivity index (χ3v) is 4.72. The molecule has 1 aromatic rings. The van der Waals surface area contributed by atoms with Crippen LogP contribution in [0.4, 0.5) is 5.95 Å². The number of hydrogen-bond donors (Lipinski definition) is 3. The van der Waals surface area contributed by atoms with Crippen molar-refractivity contribution in [1.29, 1.82) is 0 Å². The fraction of sp³-hybridized carbons (Fsp3) is 0.750. The average molecular weight is 283 g/mol. The highest BCUT2D eigenvalue weighted by Crippen LogP contribution is 2.29. The molecule has 1 heterocycles. The van der Waals surface area contributed by atoms with Crippen LogP contribution in [0.15, 0.2) is 5.16 Å². The fourth-order valence-corrected chi connectivity index (χ4v) is 3.10. The van der Waals surface area contributed by atoms with Gasteiger partial charge < -0.3 is 11.1 Å². The Kier molecular flexibility index (Phi) is 4.68. The zero-order valence-electron chi connectivity index (χ0n) is 11.3. The number of anilines is 1. The van der Waals surface area contributed by atoms with Crippen LogP contribution in [0.2, 0.25) is 0 Å². The molecule has 19 heavy (non-hydrogen) atoms. The lowest BCUT2D eigenvalue weighted by atomic mass is 9.78. The summed E-state index contributed by atoms with van der Waals surface area (Å²) in [5.41, 5.74) is 5.42. The lowest BCUT2D eigenvalue weighted by Gasteiger charge is -2.34. The maximum absolute atomic E-state index is 11.9. The number of thioether (sulfide) groups is 1. The van der Waals surface area contributed by atoms with Gasteiger partial charge in [0.2, 0.25) is 17.0 Å². The Morgan fingerprint density at radius 1 is 1.53 bits per heavy atom. The maximum atomic E-state index is 11.9. The third-order valence-electron chi connectivity index (χ3n) is 3.87. The molecule has 6 nitrogen and oxygen atoms in total. The minimum atomic E-state index is 0.0410. The van der Waals surface area contributed by atoms with Gasteiger partial charge in [-0.2, -0.15) is 4.98 Å². The summed E-state index contributed by atoms with van der Waals surface area (Å²) >= 11 is 1.29. The van der Waals surface area contributed by atoms with E-state index in [0.717, 1.165) is 6.42 Å². The number of nitrogens with two attached hydrogens (primary N) is 1. The molecular formula is C12H21N5OS. The van der Waals surface area contributed by atoms with E-state index in [9.17, 15) is 4.79 Å². The molecule has 3 atom stereocenters. The summed E-state index contributed by atoms with van der Waals surface area (Å²) in [7, 11) is 0. The third kappa shape index (κ3) is 3.86. The predicted molar refractivity (Wildman–Crippen MR) is 75.6 cm³/mol. The first kappa shape index (κ1) is 14.2. The molecule has 4 N–H and O–H groups in total. The van der Waals surface area contributed by atoms with Gasteiger partial charge in [0.25, 0.3) is 0 Å². The van der Waals surface area contributed by atoms with Gasteiger partial charge >= 0.3 is 0 Å². The number of rotatable bonds is 4. The van der Waals surface area contributed by atoms with E-state index in [-0.39, 0.29) is 11.9 Å². The molecule has 0 unspecified atom stereocenters. The average Bonchev–Trinajstić information content (AvgIpc) is 2.78. The Labute approximate surface area is 117 Å². The number of carbonyl (C=O) groups excluding carboxylic acids is 1. The van der Waals surface area contributed by atoms with E-state index in [1.165, 1.54) is 24.6 Å². The second kappa shape index (κ2) is 6.27. The Morgan fingerprint density at radius 3 is 3.00 bits per heavy atom. The van der Waals surface area contributed by atoms with Crippen molar-refractivity contribution in [2.24, 2.45) is 11.8 Å². The Morgan fingerprint density at radius 2 is 2.32 bits per heavy atom. The van der Waals surface area contributed by atoms with Crippen LogP contribution in [-0.2, 0) is 4.79 Å². The topological polar surface area (TPSA) is 96.7 Å². The molecule has 1 aliphatic rings. The molecule has 1 fully saturated rings. The maximum Gasteiger partial charge on any atom is 0.230 e. The number of carbonyl (C=O) groups is 1. The Bertz CT molecular complexity index is 436. The summed E-state index contributed by atoms with van der Waals surface area (Å²) in [5, 5.41) is 10.1. The summed E-state index contributed by atoms with van der Waals surface area (Å²) in [6.07, 6.45) is 3.54. The normalized spacial score (nSPS) is 27.2. The summed E-state index contributed by atoms with van der Waals surface area (Å²) in [5.74, 6) is 1.87. The number of H-pyrrole nitrogens is 1. The molecule has 0 aliphatic heterocycles. The first-order valence-corrected chi connectivity index (χ1v) is 7.65. The molecule has 0 bridgehead atoms.